The molecule has 2 rings (SSSR count). The van der Waals surface area contributed by atoms with Gasteiger partial charge < -0.3 is 0 Å². The Kier molecular flexibility index (Phi) is 4.42. The van der Waals surface area contributed by atoms with Crippen molar-refractivity contribution in [3.05, 3.63) is 45.4 Å². The topological polar surface area (TPSA) is 82.8 Å². The van der Waals surface area contributed by atoms with E-state index in [9.17, 15) is 8.42 Å². The van der Waals surface area contributed by atoms with Crippen molar-refractivity contribution in [2.45, 2.75) is 31.7 Å². The summed E-state index contributed by atoms with van der Waals surface area (Å²) < 4.78 is 27.5. The van der Waals surface area contributed by atoms with Crippen LogP contribution in [0.25, 0.3) is 0 Å². The zero-order valence-electron chi connectivity index (χ0n) is 11.9. The summed E-state index contributed by atoms with van der Waals surface area (Å²) in [4.78, 5) is 5.34. The van der Waals surface area contributed by atoms with Gasteiger partial charge in [-0.2, -0.15) is 5.26 Å². The molecule has 0 bridgehead atoms. The van der Waals surface area contributed by atoms with Crippen LogP contribution < -0.4 is 4.72 Å². The van der Waals surface area contributed by atoms with E-state index in [1.807, 2.05) is 13.0 Å². The predicted octanol–water partition coefficient (Wildman–Crippen LogP) is 2.67. The molecule has 5 nitrogen and oxygen atoms in total. The van der Waals surface area contributed by atoms with Crippen molar-refractivity contribution in [2.75, 3.05) is 0 Å². The second-order valence-electron chi connectivity index (χ2n) is 4.74. The van der Waals surface area contributed by atoms with E-state index in [2.05, 4.69) is 9.71 Å². The van der Waals surface area contributed by atoms with Crippen LogP contribution in [-0.4, -0.2) is 13.4 Å². The number of nitrogens with zero attached hydrogens (tertiary/aromatic N) is 2. The summed E-state index contributed by atoms with van der Waals surface area (Å²) >= 11 is 1.45. The molecule has 0 aliphatic rings. The standard InChI is InChI=1S/C14H15N3O2S2/c1-9-4-5-12(7-15)6-13(9)21(18,19)17-11(3)14-16-8-10(2)20-14/h4-6,8,11,17H,1-3H3. The van der Waals surface area contributed by atoms with Gasteiger partial charge in [-0.1, -0.05) is 6.07 Å². The van der Waals surface area contributed by atoms with Crippen molar-refractivity contribution < 1.29 is 8.42 Å². The lowest BCUT2D eigenvalue weighted by Crippen LogP contribution is -2.27. The van der Waals surface area contributed by atoms with Gasteiger partial charge in [-0.05, 0) is 38.5 Å². The maximum atomic E-state index is 12.5. The van der Waals surface area contributed by atoms with Gasteiger partial charge in [-0.25, -0.2) is 18.1 Å². The number of rotatable bonds is 4. The van der Waals surface area contributed by atoms with E-state index in [1.54, 1.807) is 32.2 Å². The fourth-order valence-corrected chi connectivity index (χ4v) is 4.21. The van der Waals surface area contributed by atoms with Gasteiger partial charge in [0.15, 0.2) is 0 Å². The summed E-state index contributed by atoms with van der Waals surface area (Å²) in [5, 5.41) is 9.62. The van der Waals surface area contributed by atoms with Gasteiger partial charge in [0, 0.05) is 11.1 Å². The molecule has 1 aromatic carbocycles. The van der Waals surface area contributed by atoms with Crippen LogP contribution in [0.5, 0.6) is 0 Å². The minimum atomic E-state index is -3.70. The quantitative estimate of drug-likeness (QED) is 0.938. The fourth-order valence-electron chi connectivity index (χ4n) is 1.88. The smallest absolute Gasteiger partial charge is 0.241 e. The number of sulfonamides is 1. The minimum absolute atomic E-state index is 0.127. The summed E-state index contributed by atoms with van der Waals surface area (Å²) in [6.45, 7) is 5.37. The second-order valence-corrected chi connectivity index (χ2v) is 7.69. The highest BCUT2D eigenvalue weighted by atomic mass is 32.2. The fraction of sp³-hybridized carbons (Fsp3) is 0.286. The van der Waals surface area contributed by atoms with Crippen molar-refractivity contribution in [3.8, 4) is 6.07 Å². The number of aryl methyl sites for hydroxylation is 2. The summed E-state index contributed by atoms with van der Waals surface area (Å²) in [5.74, 6) is 0. The molecule has 2 aromatic rings. The summed E-state index contributed by atoms with van der Waals surface area (Å²) in [7, 11) is -3.70. The lowest BCUT2D eigenvalue weighted by Gasteiger charge is -2.13. The van der Waals surface area contributed by atoms with Gasteiger partial charge in [0.2, 0.25) is 10.0 Å². The zero-order chi connectivity index (χ0) is 15.6. The molecule has 21 heavy (non-hydrogen) atoms. The van der Waals surface area contributed by atoms with Crippen molar-refractivity contribution in [1.82, 2.24) is 9.71 Å². The van der Waals surface area contributed by atoms with Gasteiger partial charge in [-0.3, -0.25) is 0 Å². The third kappa shape index (κ3) is 3.47. The van der Waals surface area contributed by atoms with Crippen molar-refractivity contribution in [2.24, 2.45) is 0 Å². The van der Waals surface area contributed by atoms with E-state index >= 15 is 0 Å². The molecule has 0 aliphatic carbocycles. The molecule has 0 spiro atoms. The van der Waals surface area contributed by atoms with E-state index in [1.165, 1.54) is 17.4 Å². The van der Waals surface area contributed by atoms with E-state index in [4.69, 9.17) is 5.26 Å². The first-order valence-corrected chi connectivity index (χ1v) is 8.59. The van der Waals surface area contributed by atoms with Crippen LogP contribution in [0, 0.1) is 25.2 Å². The van der Waals surface area contributed by atoms with Crippen LogP contribution >= 0.6 is 11.3 Å². The number of nitrogens with one attached hydrogen (secondary N) is 1. The van der Waals surface area contributed by atoms with Crippen LogP contribution in [0.3, 0.4) is 0 Å². The third-order valence-electron chi connectivity index (χ3n) is 2.95. The van der Waals surface area contributed by atoms with Gasteiger partial charge in [0.25, 0.3) is 0 Å². The van der Waals surface area contributed by atoms with Crippen LogP contribution in [0.1, 0.15) is 34.0 Å². The minimum Gasteiger partial charge on any atom is -0.248 e. The molecule has 0 saturated heterocycles. The molecule has 1 heterocycles. The average molecular weight is 321 g/mol. The Morgan fingerprint density at radius 1 is 1.38 bits per heavy atom. The van der Waals surface area contributed by atoms with Crippen molar-refractivity contribution >= 4 is 21.4 Å². The first-order valence-electron chi connectivity index (χ1n) is 6.29. The number of hydrogen-bond donors (Lipinski definition) is 1. The molecule has 1 unspecified atom stereocenters. The molecule has 110 valence electrons. The molecule has 7 heteroatoms. The largest absolute Gasteiger partial charge is 0.248 e. The van der Waals surface area contributed by atoms with Crippen molar-refractivity contribution in [1.29, 1.82) is 5.26 Å². The van der Waals surface area contributed by atoms with Gasteiger partial charge in [0.05, 0.1) is 22.6 Å². The Balaban J connectivity index is 2.33. The maximum Gasteiger partial charge on any atom is 0.241 e. The highest BCUT2D eigenvalue weighted by Crippen LogP contribution is 2.23. The first kappa shape index (κ1) is 15.6. The predicted molar refractivity (Wildman–Crippen MR) is 81.5 cm³/mol. The van der Waals surface area contributed by atoms with Crippen LogP contribution in [-0.2, 0) is 10.0 Å². The Morgan fingerprint density at radius 2 is 2.10 bits per heavy atom. The van der Waals surface area contributed by atoms with E-state index in [0.717, 1.165) is 4.88 Å². The average Bonchev–Trinajstić information content (AvgIpc) is 2.85. The van der Waals surface area contributed by atoms with Crippen LogP contribution in [0.15, 0.2) is 29.3 Å². The molecule has 0 fully saturated rings. The lowest BCUT2D eigenvalue weighted by molar-refractivity contribution is 0.565. The molecule has 1 N–H and O–H groups in total. The van der Waals surface area contributed by atoms with E-state index in [0.29, 0.717) is 16.1 Å². The normalized spacial score (nSPS) is 12.9. The zero-order valence-corrected chi connectivity index (χ0v) is 13.5. The monoisotopic (exact) mass is 321 g/mol. The maximum absolute atomic E-state index is 12.5. The van der Waals surface area contributed by atoms with Crippen LogP contribution in [0.4, 0.5) is 0 Å². The first-order chi connectivity index (χ1) is 9.83. The Labute approximate surface area is 128 Å². The molecule has 1 atom stereocenters. The Hall–Kier alpha value is -1.75. The number of hydrogen-bond acceptors (Lipinski definition) is 5. The molecule has 1 aromatic heterocycles. The van der Waals surface area contributed by atoms with Gasteiger partial charge >= 0.3 is 0 Å². The number of nitriles is 1. The third-order valence-corrected chi connectivity index (χ3v) is 5.73. The Morgan fingerprint density at radius 3 is 2.67 bits per heavy atom. The highest BCUT2D eigenvalue weighted by molar-refractivity contribution is 7.89. The molecule has 0 saturated carbocycles. The van der Waals surface area contributed by atoms with Crippen molar-refractivity contribution in [3.63, 3.8) is 0 Å². The van der Waals surface area contributed by atoms with Gasteiger partial charge in [0.1, 0.15) is 5.01 Å². The highest BCUT2D eigenvalue weighted by Gasteiger charge is 2.22. The molecular formula is C14H15N3O2S2. The van der Waals surface area contributed by atoms with Gasteiger partial charge in [-0.15, -0.1) is 11.3 Å². The van der Waals surface area contributed by atoms with E-state index in [-0.39, 0.29) is 4.90 Å². The SMILES string of the molecule is Cc1cnc(C(C)NS(=O)(=O)c2cc(C#N)ccc2C)s1. The summed E-state index contributed by atoms with van der Waals surface area (Å²) in [6.07, 6.45) is 1.71. The van der Waals surface area contributed by atoms with Crippen LogP contribution in [0.2, 0.25) is 0 Å². The van der Waals surface area contributed by atoms with E-state index < -0.39 is 16.1 Å². The Bertz CT molecular complexity index is 804. The molecular weight excluding hydrogens is 306 g/mol. The molecule has 0 radical (unpaired) electrons. The lowest BCUT2D eigenvalue weighted by atomic mass is 10.2. The summed E-state index contributed by atoms with van der Waals surface area (Å²) in [5.41, 5.74) is 0.919. The number of thiazole rings is 1. The summed E-state index contributed by atoms with van der Waals surface area (Å²) in [6, 6.07) is 6.15. The molecule has 0 aliphatic heterocycles. The number of aromatic nitrogens is 1. The number of benzene rings is 1. The second kappa shape index (κ2) is 5.93. The molecule has 0 amide bonds.